The molecular formula is C16H14F2N2O. The second-order valence-electron chi connectivity index (χ2n) is 4.68. The van der Waals surface area contributed by atoms with Crippen molar-refractivity contribution >= 4 is 0 Å². The summed E-state index contributed by atoms with van der Waals surface area (Å²) in [6.45, 7) is 1.64. The highest BCUT2D eigenvalue weighted by molar-refractivity contribution is 5.37. The first-order chi connectivity index (χ1) is 10.0. The number of rotatable bonds is 4. The number of hydrogen-bond acceptors (Lipinski definition) is 3. The Hall–Kier alpha value is -2.45. The summed E-state index contributed by atoms with van der Waals surface area (Å²) in [5.74, 6) is -0.667. The minimum atomic E-state index is -0.479. The predicted molar refractivity (Wildman–Crippen MR) is 74.4 cm³/mol. The second-order valence-corrected chi connectivity index (χ2v) is 4.68. The standard InChI is InChI=1S/C16H14F2N2O/c1-10(20)14-4-3-13(17)7-16(14)21-9-12-6-11(8-19)2-5-15(12)18/h2-7,10H,9,20H2,1H3/t10-/m1/s1. The maximum atomic E-state index is 13.7. The summed E-state index contributed by atoms with van der Waals surface area (Å²) in [6, 6.07) is 9.63. The van der Waals surface area contributed by atoms with E-state index >= 15 is 0 Å². The lowest BCUT2D eigenvalue weighted by atomic mass is 10.1. The van der Waals surface area contributed by atoms with Crippen molar-refractivity contribution in [3.05, 3.63) is 64.7 Å². The van der Waals surface area contributed by atoms with E-state index in [0.717, 1.165) is 0 Å². The fraction of sp³-hybridized carbons (Fsp3) is 0.188. The van der Waals surface area contributed by atoms with Crippen LogP contribution in [0.4, 0.5) is 8.78 Å². The lowest BCUT2D eigenvalue weighted by Gasteiger charge is -2.14. The van der Waals surface area contributed by atoms with Crippen LogP contribution in [0.1, 0.15) is 29.7 Å². The summed E-state index contributed by atoms with van der Waals surface area (Å²) in [5, 5.41) is 8.81. The molecule has 21 heavy (non-hydrogen) atoms. The minimum Gasteiger partial charge on any atom is -0.488 e. The number of benzene rings is 2. The number of nitrogens with zero attached hydrogens (tertiary/aromatic N) is 1. The molecule has 0 bridgehead atoms. The Morgan fingerprint density at radius 1 is 1.24 bits per heavy atom. The molecule has 2 N–H and O–H groups in total. The third-order valence-electron chi connectivity index (χ3n) is 3.02. The molecule has 2 rings (SSSR count). The van der Waals surface area contributed by atoms with E-state index in [1.54, 1.807) is 6.92 Å². The SMILES string of the molecule is C[C@@H](N)c1ccc(F)cc1OCc1cc(C#N)ccc1F. The number of hydrogen-bond donors (Lipinski definition) is 1. The second kappa shape index (κ2) is 6.33. The van der Waals surface area contributed by atoms with Crippen LogP contribution in [0.3, 0.4) is 0 Å². The maximum Gasteiger partial charge on any atom is 0.129 e. The van der Waals surface area contributed by atoms with E-state index in [4.69, 9.17) is 15.7 Å². The van der Waals surface area contributed by atoms with E-state index in [9.17, 15) is 8.78 Å². The van der Waals surface area contributed by atoms with Gasteiger partial charge in [0.15, 0.2) is 0 Å². The van der Waals surface area contributed by atoms with Gasteiger partial charge in [0.1, 0.15) is 24.0 Å². The first-order valence-electron chi connectivity index (χ1n) is 6.37. The number of nitriles is 1. The Morgan fingerprint density at radius 3 is 2.67 bits per heavy atom. The summed E-state index contributed by atoms with van der Waals surface area (Å²) < 4.78 is 32.4. The van der Waals surface area contributed by atoms with Crippen molar-refractivity contribution in [1.29, 1.82) is 5.26 Å². The van der Waals surface area contributed by atoms with Gasteiger partial charge < -0.3 is 10.5 Å². The van der Waals surface area contributed by atoms with Gasteiger partial charge in [0, 0.05) is 23.2 Å². The molecule has 0 saturated heterocycles. The van der Waals surface area contributed by atoms with Crippen LogP contribution in [0, 0.1) is 23.0 Å². The van der Waals surface area contributed by atoms with Gasteiger partial charge in [-0.05, 0) is 31.2 Å². The highest BCUT2D eigenvalue weighted by atomic mass is 19.1. The first-order valence-corrected chi connectivity index (χ1v) is 6.37. The van der Waals surface area contributed by atoms with Crippen molar-refractivity contribution < 1.29 is 13.5 Å². The normalized spacial score (nSPS) is 11.8. The summed E-state index contributed by atoms with van der Waals surface area (Å²) >= 11 is 0. The molecule has 0 fully saturated rings. The van der Waals surface area contributed by atoms with Crippen molar-refractivity contribution in [2.75, 3.05) is 0 Å². The summed E-state index contributed by atoms with van der Waals surface area (Å²) in [6.07, 6.45) is 0. The molecule has 0 aliphatic heterocycles. The van der Waals surface area contributed by atoms with E-state index in [1.807, 2.05) is 6.07 Å². The number of nitrogens with two attached hydrogens (primary N) is 1. The van der Waals surface area contributed by atoms with Crippen LogP contribution in [0.2, 0.25) is 0 Å². The van der Waals surface area contributed by atoms with Gasteiger partial charge in [0.2, 0.25) is 0 Å². The Labute approximate surface area is 121 Å². The predicted octanol–water partition coefficient (Wildman–Crippen LogP) is 3.44. The smallest absolute Gasteiger partial charge is 0.129 e. The van der Waals surface area contributed by atoms with Crippen LogP contribution in [-0.2, 0) is 6.61 Å². The first kappa shape index (κ1) is 14.9. The van der Waals surface area contributed by atoms with Gasteiger partial charge >= 0.3 is 0 Å². The van der Waals surface area contributed by atoms with Gasteiger partial charge in [0.05, 0.1) is 11.6 Å². The molecule has 2 aromatic rings. The Morgan fingerprint density at radius 2 is 2.00 bits per heavy atom. The van der Waals surface area contributed by atoms with Crippen LogP contribution >= 0.6 is 0 Å². The highest BCUT2D eigenvalue weighted by Gasteiger charge is 2.11. The van der Waals surface area contributed by atoms with Crippen molar-refractivity contribution in [2.45, 2.75) is 19.6 Å². The molecule has 1 atom stereocenters. The van der Waals surface area contributed by atoms with E-state index < -0.39 is 11.6 Å². The van der Waals surface area contributed by atoms with Crippen LogP contribution in [0.25, 0.3) is 0 Å². The lowest BCUT2D eigenvalue weighted by molar-refractivity contribution is 0.294. The average Bonchev–Trinajstić information content (AvgIpc) is 2.46. The summed E-state index contributed by atoms with van der Waals surface area (Å²) in [5.41, 5.74) is 6.99. The molecule has 5 heteroatoms. The van der Waals surface area contributed by atoms with Crippen molar-refractivity contribution in [3.8, 4) is 11.8 Å². The van der Waals surface area contributed by atoms with Gasteiger partial charge in [-0.15, -0.1) is 0 Å². The average molecular weight is 288 g/mol. The third-order valence-corrected chi connectivity index (χ3v) is 3.02. The van der Waals surface area contributed by atoms with Crippen LogP contribution in [0.5, 0.6) is 5.75 Å². The van der Waals surface area contributed by atoms with E-state index in [0.29, 0.717) is 11.1 Å². The molecule has 0 heterocycles. The third kappa shape index (κ3) is 3.56. The number of halogens is 2. The van der Waals surface area contributed by atoms with E-state index in [1.165, 1.54) is 36.4 Å². The number of ether oxygens (including phenoxy) is 1. The van der Waals surface area contributed by atoms with Crippen LogP contribution in [-0.4, -0.2) is 0 Å². The molecule has 0 spiro atoms. The zero-order chi connectivity index (χ0) is 15.4. The molecule has 2 aromatic carbocycles. The largest absolute Gasteiger partial charge is 0.488 e. The van der Waals surface area contributed by atoms with Gasteiger partial charge in [0.25, 0.3) is 0 Å². The van der Waals surface area contributed by atoms with Gasteiger partial charge in [-0.25, -0.2) is 8.78 Å². The minimum absolute atomic E-state index is 0.107. The zero-order valence-electron chi connectivity index (χ0n) is 11.4. The molecule has 108 valence electrons. The zero-order valence-corrected chi connectivity index (χ0v) is 11.4. The molecule has 0 radical (unpaired) electrons. The van der Waals surface area contributed by atoms with Crippen molar-refractivity contribution in [3.63, 3.8) is 0 Å². The lowest BCUT2D eigenvalue weighted by Crippen LogP contribution is -2.09. The highest BCUT2D eigenvalue weighted by Crippen LogP contribution is 2.26. The van der Waals surface area contributed by atoms with Gasteiger partial charge in [-0.1, -0.05) is 6.07 Å². The molecular weight excluding hydrogens is 274 g/mol. The quantitative estimate of drug-likeness (QED) is 0.937. The Bertz CT molecular complexity index is 693. The molecule has 0 aromatic heterocycles. The maximum absolute atomic E-state index is 13.7. The Balaban J connectivity index is 2.24. The summed E-state index contributed by atoms with van der Waals surface area (Å²) in [7, 11) is 0. The van der Waals surface area contributed by atoms with Crippen LogP contribution < -0.4 is 10.5 Å². The van der Waals surface area contributed by atoms with Crippen molar-refractivity contribution in [1.82, 2.24) is 0 Å². The molecule has 3 nitrogen and oxygen atoms in total. The molecule has 0 unspecified atom stereocenters. The van der Waals surface area contributed by atoms with E-state index in [2.05, 4.69) is 0 Å². The molecule has 0 amide bonds. The topological polar surface area (TPSA) is 59.0 Å². The van der Waals surface area contributed by atoms with E-state index in [-0.39, 0.29) is 24.0 Å². The molecule has 0 aliphatic carbocycles. The monoisotopic (exact) mass is 288 g/mol. The van der Waals surface area contributed by atoms with Gasteiger partial charge in [-0.2, -0.15) is 5.26 Å². The van der Waals surface area contributed by atoms with Crippen molar-refractivity contribution in [2.24, 2.45) is 5.73 Å². The molecule has 0 aliphatic rings. The van der Waals surface area contributed by atoms with Crippen LogP contribution in [0.15, 0.2) is 36.4 Å². The Kier molecular flexibility index (Phi) is 4.51. The summed E-state index contributed by atoms with van der Waals surface area (Å²) in [4.78, 5) is 0. The molecule has 0 saturated carbocycles. The fourth-order valence-corrected chi connectivity index (χ4v) is 1.92. The van der Waals surface area contributed by atoms with Gasteiger partial charge in [-0.3, -0.25) is 0 Å². The fourth-order valence-electron chi connectivity index (χ4n) is 1.92.